The average molecular weight is 543 g/mol. The van der Waals surface area contributed by atoms with Gasteiger partial charge in [0.05, 0.1) is 18.6 Å². The van der Waals surface area contributed by atoms with Crippen molar-refractivity contribution in [3.63, 3.8) is 0 Å². The predicted octanol–water partition coefficient (Wildman–Crippen LogP) is 7.04. The van der Waals surface area contributed by atoms with Crippen molar-refractivity contribution in [1.29, 1.82) is 0 Å². The van der Waals surface area contributed by atoms with Crippen molar-refractivity contribution in [3.8, 4) is 11.1 Å². The zero-order valence-corrected chi connectivity index (χ0v) is 23.3. The molecule has 8 heteroatoms. The Kier molecular flexibility index (Phi) is 6.32. The second-order valence-corrected chi connectivity index (χ2v) is 11.8. The van der Waals surface area contributed by atoms with E-state index in [1.807, 2.05) is 63.2 Å². The summed E-state index contributed by atoms with van der Waals surface area (Å²) in [6.07, 6.45) is -0.399. The van der Waals surface area contributed by atoms with E-state index in [9.17, 15) is 9.59 Å². The molecule has 0 bridgehead atoms. The molecule has 7 nitrogen and oxygen atoms in total. The Labute approximate surface area is 230 Å². The van der Waals surface area contributed by atoms with Crippen LogP contribution in [0, 0.1) is 0 Å². The molecule has 0 saturated carbocycles. The fourth-order valence-electron chi connectivity index (χ4n) is 4.96. The summed E-state index contributed by atoms with van der Waals surface area (Å²) in [6, 6.07) is 19.5. The van der Waals surface area contributed by atoms with E-state index in [0.29, 0.717) is 43.2 Å². The second-order valence-electron chi connectivity index (χ2n) is 10.7. The van der Waals surface area contributed by atoms with E-state index >= 15 is 0 Å². The smallest absolute Gasteiger partial charge is 0.414 e. The lowest BCUT2D eigenvalue weighted by Gasteiger charge is -2.27. The second kappa shape index (κ2) is 9.70. The third kappa shape index (κ3) is 4.75. The van der Waals surface area contributed by atoms with Crippen LogP contribution in [0.25, 0.3) is 42.3 Å². The molecule has 0 atom stereocenters. The van der Waals surface area contributed by atoms with E-state index in [4.69, 9.17) is 13.9 Å². The molecule has 5 aromatic rings. The zero-order valence-electron chi connectivity index (χ0n) is 22.4. The van der Waals surface area contributed by atoms with Crippen LogP contribution in [-0.4, -0.2) is 45.0 Å². The maximum Gasteiger partial charge on any atom is 0.414 e. The molecule has 39 heavy (non-hydrogen) atoms. The summed E-state index contributed by atoms with van der Waals surface area (Å²) in [5.41, 5.74) is 2.59. The van der Waals surface area contributed by atoms with E-state index in [2.05, 4.69) is 17.0 Å². The Bertz CT molecular complexity index is 1780. The van der Waals surface area contributed by atoms with Gasteiger partial charge in [0.25, 0.3) is 0 Å². The van der Waals surface area contributed by atoms with Crippen LogP contribution in [0.3, 0.4) is 0 Å². The van der Waals surface area contributed by atoms with Crippen molar-refractivity contribution in [2.24, 2.45) is 0 Å². The van der Waals surface area contributed by atoms with Crippen LogP contribution < -0.4 is 15.2 Å². The van der Waals surface area contributed by atoms with Gasteiger partial charge in [-0.3, -0.25) is 9.69 Å². The highest BCUT2D eigenvalue weighted by atomic mass is 32.1. The monoisotopic (exact) mass is 542 g/mol. The topological polar surface area (TPSA) is 72.2 Å². The van der Waals surface area contributed by atoms with E-state index in [1.165, 1.54) is 4.90 Å². The summed E-state index contributed by atoms with van der Waals surface area (Å²) >= 11 is 1.69. The Balaban J connectivity index is 1.48. The van der Waals surface area contributed by atoms with Crippen LogP contribution in [0.4, 0.5) is 16.4 Å². The number of morpholine rings is 1. The average Bonchev–Trinajstić information content (AvgIpc) is 3.30. The molecule has 0 spiro atoms. The van der Waals surface area contributed by atoms with Gasteiger partial charge in [0, 0.05) is 63.2 Å². The lowest BCUT2D eigenvalue weighted by atomic mass is 10.0. The Morgan fingerprint density at radius 1 is 0.949 bits per heavy atom. The van der Waals surface area contributed by atoms with Gasteiger partial charge in [0.15, 0.2) is 11.3 Å². The van der Waals surface area contributed by atoms with Gasteiger partial charge in [-0.2, -0.15) is 0 Å². The fraction of sp³-hybridized carbons (Fsp3) is 0.290. The molecule has 3 heterocycles. The van der Waals surface area contributed by atoms with Crippen molar-refractivity contribution >= 4 is 60.1 Å². The predicted molar refractivity (Wildman–Crippen MR) is 158 cm³/mol. The van der Waals surface area contributed by atoms with Crippen molar-refractivity contribution in [2.45, 2.75) is 26.4 Å². The number of fused-ring (bicyclic) bond motifs is 4. The molecule has 2 aromatic heterocycles. The highest BCUT2D eigenvalue weighted by Gasteiger charge is 2.22. The number of carbonyl (C=O) groups excluding carboxylic acids is 1. The number of hydrogen-bond acceptors (Lipinski definition) is 7. The number of thiophene rings is 1. The summed E-state index contributed by atoms with van der Waals surface area (Å²) in [5, 5.41) is 2.69. The van der Waals surface area contributed by atoms with Gasteiger partial charge < -0.3 is 18.8 Å². The van der Waals surface area contributed by atoms with Gasteiger partial charge in [-0.25, -0.2) is 4.79 Å². The number of ether oxygens (including phenoxy) is 2. The molecule has 1 fully saturated rings. The van der Waals surface area contributed by atoms with Crippen molar-refractivity contribution in [1.82, 2.24) is 0 Å². The minimum atomic E-state index is -0.575. The van der Waals surface area contributed by atoms with E-state index < -0.39 is 11.7 Å². The Morgan fingerprint density at radius 2 is 1.67 bits per heavy atom. The highest BCUT2D eigenvalue weighted by molar-refractivity contribution is 7.26. The van der Waals surface area contributed by atoms with Crippen molar-refractivity contribution in [2.75, 3.05) is 43.2 Å². The van der Waals surface area contributed by atoms with Gasteiger partial charge in [-0.1, -0.05) is 30.3 Å². The SMILES string of the molecule is CN(C(=O)OC(C)(C)C)c1ccc2sc3c(-c4cccc5c(=O)cc(N6CCOCC6)oc45)cccc3c2c1. The molecule has 6 rings (SSSR count). The van der Waals surface area contributed by atoms with Crippen LogP contribution in [0.2, 0.25) is 0 Å². The van der Waals surface area contributed by atoms with E-state index in [0.717, 1.165) is 37.0 Å². The molecule has 1 aliphatic rings. The first-order valence-electron chi connectivity index (χ1n) is 13.0. The summed E-state index contributed by atoms with van der Waals surface area (Å²) < 4.78 is 19.7. The molecule has 3 aromatic carbocycles. The molecular weight excluding hydrogens is 512 g/mol. The lowest BCUT2D eigenvalue weighted by Crippen LogP contribution is -2.36. The highest BCUT2D eigenvalue weighted by Crippen LogP contribution is 2.43. The number of para-hydroxylation sites is 1. The molecule has 1 saturated heterocycles. The van der Waals surface area contributed by atoms with Crippen LogP contribution >= 0.6 is 11.3 Å². The molecule has 1 amide bonds. The van der Waals surface area contributed by atoms with Crippen molar-refractivity contribution < 1.29 is 18.7 Å². The number of hydrogen-bond donors (Lipinski definition) is 0. The molecule has 0 unspecified atom stereocenters. The largest absolute Gasteiger partial charge is 0.443 e. The zero-order chi connectivity index (χ0) is 27.3. The van der Waals surface area contributed by atoms with Crippen LogP contribution in [0.15, 0.2) is 69.9 Å². The molecule has 200 valence electrons. The molecular formula is C31H30N2O5S. The standard InChI is InChI=1S/C31H30N2O5S/c1-31(2,3)38-30(35)32(4)19-11-12-26-24(17-19)22-9-6-8-21(29(22)39-26)20-7-5-10-23-25(34)18-27(37-28(20)23)33-13-15-36-16-14-33/h5-12,17-18H,13-16H2,1-4H3. The lowest BCUT2D eigenvalue weighted by molar-refractivity contribution is 0.0589. The van der Waals surface area contributed by atoms with Gasteiger partial charge >= 0.3 is 6.09 Å². The van der Waals surface area contributed by atoms with E-state index in [1.54, 1.807) is 24.5 Å². The van der Waals surface area contributed by atoms with E-state index in [-0.39, 0.29) is 5.43 Å². The number of rotatable bonds is 3. The number of benzene rings is 3. The fourth-order valence-corrected chi connectivity index (χ4v) is 6.17. The summed E-state index contributed by atoms with van der Waals surface area (Å²) in [5.74, 6) is 0.571. The third-order valence-electron chi connectivity index (χ3n) is 6.89. The maximum atomic E-state index is 13.1. The normalized spacial score (nSPS) is 14.3. The summed E-state index contributed by atoms with van der Waals surface area (Å²) in [7, 11) is 1.72. The molecule has 1 aliphatic heterocycles. The first-order valence-corrected chi connectivity index (χ1v) is 13.8. The number of carbonyl (C=O) groups is 1. The van der Waals surface area contributed by atoms with Crippen molar-refractivity contribution in [3.05, 3.63) is 70.9 Å². The van der Waals surface area contributed by atoms with Gasteiger partial charge in [0.1, 0.15) is 11.2 Å². The minimum Gasteiger partial charge on any atom is -0.443 e. The Morgan fingerprint density at radius 3 is 2.41 bits per heavy atom. The maximum absolute atomic E-state index is 13.1. The minimum absolute atomic E-state index is 0.0575. The summed E-state index contributed by atoms with van der Waals surface area (Å²) in [6.45, 7) is 8.15. The number of anilines is 2. The van der Waals surface area contributed by atoms with Gasteiger partial charge in [0.2, 0.25) is 0 Å². The first-order chi connectivity index (χ1) is 18.7. The Hall–Kier alpha value is -3.88. The number of nitrogens with zero attached hydrogens (tertiary/aromatic N) is 2. The number of amides is 1. The van der Waals surface area contributed by atoms with Crippen LogP contribution in [0.1, 0.15) is 20.8 Å². The van der Waals surface area contributed by atoms with Crippen LogP contribution in [0.5, 0.6) is 0 Å². The molecule has 0 radical (unpaired) electrons. The first kappa shape index (κ1) is 25.4. The van der Waals surface area contributed by atoms with Gasteiger partial charge in [-0.15, -0.1) is 11.3 Å². The summed E-state index contributed by atoms with van der Waals surface area (Å²) in [4.78, 5) is 29.4. The third-order valence-corrected chi connectivity index (χ3v) is 8.11. The molecule has 0 N–H and O–H groups in total. The molecule has 0 aliphatic carbocycles. The van der Waals surface area contributed by atoms with Crippen LogP contribution in [-0.2, 0) is 9.47 Å². The van der Waals surface area contributed by atoms with Gasteiger partial charge in [-0.05, 0) is 45.0 Å². The quantitative estimate of drug-likeness (QED) is 0.244.